The number of nitrogens with zero attached hydrogens (tertiary/aromatic N) is 5. The van der Waals surface area contributed by atoms with Crippen LogP contribution in [0.2, 0.25) is 0 Å². The highest BCUT2D eigenvalue weighted by Crippen LogP contribution is 2.28. The van der Waals surface area contributed by atoms with Crippen LogP contribution < -0.4 is 4.90 Å². The number of imidazole rings is 1. The van der Waals surface area contributed by atoms with Gasteiger partial charge in [0.25, 0.3) is 0 Å². The third-order valence-electron chi connectivity index (χ3n) is 2.57. The second kappa shape index (κ2) is 4.87. The van der Waals surface area contributed by atoms with E-state index in [1.807, 2.05) is 7.05 Å². The molecule has 0 radical (unpaired) electrons. The molecular weight excluding hydrogens is 259 g/mol. The number of hydrogen-bond acceptors (Lipinski definition) is 4. The smallest absolute Gasteiger partial charge is 0.337 e. The van der Waals surface area contributed by atoms with Crippen LogP contribution in [0.1, 0.15) is 11.5 Å². The van der Waals surface area contributed by atoms with Crippen molar-refractivity contribution in [2.24, 2.45) is 7.05 Å². The average Bonchev–Trinajstić information content (AvgIpc) is 2.74. The minimum absolute atomic E-state index is 0.0119. The molecular formula is C11H12F3N5. The van der Waals surface area contributed by atoms with Crippen molar-refractivity contribution >= 4 is 5.95 Å². The summed E-state index contributed by atoms with van der Waals surface area (Å²) in [6.07, 6.45) is 0.00810. The van der Waals surface area contributed by atoms with Crippen LogP contribution in [0, 0.1) is 0 Å². The van der Waals surface area contributed by atoms with Crippen molar-refractivity contribution in [2.45, 2.75) is 12.7 Å². The zero-order valence-corrected chi connectivity index (χ0v) is 10.4. The van der Waals surface area contributed by atoms with Gasteiger partial charge in [-0.3, -0.25) is 0 Å². The number of anilines is 1. The van der Waals surface area contributed by atoms with Crippen LogP contribution in [0.15, 0.2) is 24.7 Å². The molecule has 0 aromatic carbocycles. The Bertz CT molecular complexity index is 563. The van der Waals surface area contributed by atoms with Crippen LogP contribution in [0.5, 0.6) is 0 Å². The lowest BCUT2D eigenvalue weighted by atomic mass is 10.4. The van der Waals surface area contributed by atoms with Crippen molar-refractivity contribution in [3.63, 3.8) is 0 Å². The standard InChI is InChI=1S/C11H12F3N5/c1-18-6-5-15-9(18)7-19(2)10-16-4-3-8(17-10)11(12,13)14/h3-6H,7H2,1-2H3. The maximum atomic E-state index is 12.5. The van der Waals surface area contributed by atoms with Gasteiger partial charge in [-0.2, -0.15) is 13.2 Å². The molecule has 0 bridgehead atoms. The predicted octanol–water partition coefficient (Wildman–Crippen LogP) is 1.87. The van der Waals surface area contributed by atoms with E-state index in [1.165, 1.54) is 4.90 Å². The molecule has 0 saturated heterocycles. The summed E-state index contributed by atoms with van der Waals surface area (Å²) in [7, 11) is 3.42. The van der Waals surface area contributed by atoms with E-state index in [0.717, 1.165) is 12.3 Å². The van der Waals surface area contributed by atoms with Gasteiger partial charge in [-0.25, -0.2) is 15.0 Å². The Morgan fingerprint density at radius 3 is 2.58 bits per heavy atom. The summed E-state index contributed by atoms with van der Waals surface area (Å²) >= 11 is 0. The summed E-state index contributed by atoms with van der Waals surface area (Å²) in [5, 5.41) is 0. The Labute approximate surface area is 107 Å². The molecule has 0 unspecified atom stereocenters. The fraction of sp³-hybridized carbons (Fsp3) is 0.364. The van der Waals surface area contributed by atoms with Gasteiger partial charge in [0.1, 0.15) is 11.5 Å². The summed E-state index contributed by atoms with van der Waals surface area (Å²) in [5.41, 5.74) is -0.954. The van der Waals surface area contributed by atoms with Crippen molar-refractivity contribution in [1.29, 1.82) is 0 Å². The minimum Gasteiger partial charge on any atom is -0.337 e. The predicted molar refractivity (Wildman–Crippen MR) is 62.3 cm³/mol. The highest BCUT2D eigenvalue weighted by atomic mass is 19.4. The Morgan fingerprint density at radius 2 is 2.00 bits per heavy atom. The van der Waals surface area contributed by atoms with Gasteiger partial charge in [0.2, 0.25) is 5.95 Å². The van der Waals surface area contributed by atoms with Crippen LogP contribution in [0.3, 0.4) is 0 Å². The van der Waals surface area contributed by atoms with E-state index < -0.39 is 11.9 Å². The van der Waals surface area contributed by atoms with Gasteiger partial charge in [-0.1, -0.05) is 0 Å². The fourth-order valence-corrected chi connectivity index (χ4v) is 1.52. The van der Waals surface area contributed by atoms with Crippen molar-refractivity contribution in [3.05, 3.63) is 36.2 Å². The third kappa shape index (κ3) is 3.01. The monoisotopic (exact) mass is 271 g/mol. The van der Waals surface area contributed by atoms with E-state index in [1.54, 1.807) is 24.0 Å². The molecule has 5 nitrogen and oxygen atoms in total. The molecule has 102 valence electrons. The van der Waals surface area contributed by atoms with Crippen molar-refractivity contribution in [2.75, 3.05) is 11.9 Å². The second-order valence-corrected chi connectivity index (χ2v) is 4.05. The van der Waals surface area contributed by atoms with Crippen LogP contribution in [-0.2, 0) is 19.8 Å². The number of aromatic nitrogens is 4. The van der Waals surface area contributed by atoms with E-state index in [0.29, 0.717) is 12.4 Å². The number of halogens is 3. The highest BCUT2D eigenvalue weighted by Gasteiger charge is 2.33. The third-order valence-corrected chi connectivity index (χ3v) is 2.57. The topological polar surface area (TPSA) is 46.8 Å². The normalized spacial score (nSPS) is 11.6. The molecule has 0 aliphatic carbocycles. The Kier molecular flexibility index (Phi) is 3.41. The Hall–Kier alpha value is -2.12. The second-order valence-electron chi connectivity index (χ2n) is 4.05. The van der Waals surface area contributed by atoms with Crippen molar-refractivity contribution < 1.29 is 13.2 Å². The molecule has 2 rings (SSSR count). The first-order valence-electron chi connectivity index (χ1n) is 5.45. The molecule has 0 spiro atoms. The van der Waals surface area contributed by atoms with E-state index in [2.05, 4.69) is 15.0 Å². The summed E-state index contributed by atoms with van der Waals surface area (Å²) in [5.74, 6) is 0.723. The molecule has 19 heavy (non-hydrogen) atoms. The summed E-state index contributed by atoms with van der Waals surface area (Å²) in [4.78, 5) is 13.0. The molecule has 0 amide bonds. The zero-order chi connectivity index (χ0) is 14.0. The van der Waals surface area contributed by atoms with Crippen LogP contribution >= 0.6 is 0 Å². The molecule has 2 heterocycles. The lowest BCUT2D eigenvalue weighted by molar-refractivity contribution is -0.141. The molecule has 0 aliphatic rings. The molecule has 0 aliphatic heterocycles. The number of hydrogen-bond donors (Lipinski definition) is 0. The van der Waals surface area contributed by atoms with Crippen LogP contribution in [0.4, 0.5) is 19.1 Å². The minimum atomic E-state index is -4.47. The van der Waals surface area contributed by atoms with Gasteiger partial charge in [-0.15, -0.1) is 0 Å². The van der Waals surface area contributed by atoms with Gasteiger partial charge >= 0.3 is 6.18 Å². The van der Waals surface area contributed by atoms with E-state index in [4.69, 9.17) is 0 Å². The lowest BCUT2D eigenvalue weighted by Gasteiger charge is -2.17. The molecule has 2 aromatic rings. The quantitative estimate of drug-likeness (QED) is 0.855. The molecule has 8 heteroatoms. The van der Waals surface area contributed by atoms with Crippen molar-refractivity contribution in [3.8, 4) is 0 Å². The van der Waals surface area contributed by atoms with Gasteiger partial charge in [0, 0.05) is 32.7 Å². The first-order chi connectivity index (χ1) is 8.88. The van der Waals surface area contributed by atoms with Crippen molar-refractivity contribution in [1.82, 2.24) is 19.5 Å². The summed E-state index contributed by atoms with van der Waals surface area (Å²) in [6, 6.07) is 0.845. The van der Waals surface area contributed by atoms with E-state index >= 15 is 0 Å². The maximum absolute atomic E-state index is 12.5. The lowest BCUT2D eigenvalue weighted by Crippen LogP contribution is -2.22. The van der Waals surface area contributed by atoms with E-state index in [9.17, 15) is 13.2 Å². The molecule has 0 fully saturated rings. The number of aryl methyl sites for hydroxylation is 1. The first-order valence-corrected chi connectivity index (χ1v) is 5.45. The summed E-state index contributed by atoms with van der Waals surface area (Å²) in [6.45, 7) is 0.324. The SMILES string of the molecule is CN(Cc1nccn1C)c1nccc(C(F)(F)F)n1. The highest BCUT2D eigenvalue weighted by molar-refractivity contribution is 5.29. The Morgan fingerprint density at radius 1 is 1.26 bits per heavy atom. The summed E-state index contributed by atoms with van der Waals surface area (Å²) < 4.78 is 39.4. The maximum Gasteiger partial charge on any atom is 0.433 e. The number of rotatable bonds is 3. The number of alkyl halides is 3. The fourth-order valence-electron chi connectivity index (χ4n) is 1.52. The van der Waals surface area contributed by atoms with Gasteiger partial charge in [0.05, 0.1) is 6.54 Å². The molecule has 2 aromatic heterocycles. The Balaban J connectivity index is 2.20. The average molecular weight is 271 g/mol. The van der Waals surface area contributed by atoms with Crippen LogP contribution in [-0.4, -0.2) is 26.6 Å². The molecule has 0 saturated carbocycles. The largest absolute Gasteiger partial charge is 0.433 e. The van der Waals surface area contributed by atoms with Gasteiger partial charge in [0.15, 0.2) is 0 Å². The molecule has 0 N–H and O–H groups in total. The molecule has 0 atom stereocenters. The van der Waals surface area contributed by atoms with Crippen LogP contribution in [0.25, 0.3) is 0 Å². The van der Waals surface area contributed by atoms with Gasteiger partial charge in [-0.05, 0) is 6.07 Å². The first kappa shape index (κ1) is 13.3. The zero-order valence-electron chi connectivity index (χ0n) is 10.4. The van der Waals surface area contributed by atoms with Gasteiger partial charge < -0.3 is 9.47 Å². The van der Waals surface area contributed by atoms with E-state index in [-0.39, 0.29) is 5.95 Å².